The zero-order chi connectivity index (χ0) is 13.6. The normalized spacial score (nSPS) is 13.7. The van der Waals surface area contributed by atoms with Crippen molar-refractivity contribution >= 4 is 21.4 Å². The van der Waals surface area contributed by atoms with E-state index >= 15 is 0 Å². The van der Waals surface area contributed by atoms with Crippen LogP contribution < -0.4 is 10.5 Å². The van der Waals surface area contributed by atoms with E-state index < -0.39 is 10.0 Å². The Morgan fingerprint density at radius 2 is 2.22 bits per heavy atom. The van der Waals surface area contributed by atoms with Gasteiger partial charge >= 0.3 is 0 Å². The molecule has 0 fully saturated rings. The fourth-order valence-electron chi connectivity index (χ4n) is 1.27. The van der Waals surface area contributed by atoms with Crippen molar-refractivity contribution in [1.82, 2.24) is 4.72 Å². The molecule has 8 heteroatoms. The zero-order valence-corrected chi connectivity index (χ0v) is 12.0. The molecule has 18 heavy (non-hydrogen) atoms. The molecule has 0 bridgehead atoms. The van der Waals surface area contributed by atoms with Crippen molar-refractivity contribution in [2.75, 3.05) is 27.4 Å². The molecule has 6 nitrogen and oxygen atoms in total. The molecule has 0 saturated carbocycles. The molecular formula is C10H18N2O4S2. The van der Waals surface area contributed by atoms with Crippen molar-refractivity contribution in [3.05, 3.63) is 17.0 Å². The number of sulfonamides is 1. The summed E-state index contributed by atoms with van der Waals surface area (Å²) in [6.07, 6.45) is -0.307. The SMILES string of the molecule is COCC(CNS(=O)(=O)c1cc(CN)cs1)OC. The van der Waals surface area contributed by atoms with E-state index in [0.717, 1.165) is 16.9 Å². The topological polar surface area (TPSA) is 90.7 Å². The Labute approximate surface area is 111 Å². The number of thiophene rings is 1. The van der Waals surface area contributed by atoms with Gasteiger partial charge in [0.15, 0.2) is 0 Å². The van der Waals surface area contributed by atoms with Crippen molar-refractivity contribution in [3.8, 4) is 0 Å². The monoisotopic (exact) mass is 294 g/mol. The van der Waals surface area contributed by atoms with Crippen LogP contribution in [0.1, 0.15) is 5.56 Å². The molecule has 1 unspecified atom stereocenters. The van der Waals surface area contributed by atoms with Crippen molar-refractivity contribution in [1.29, 1.82) is 0 Å². The molecule has 1 rings (SSSR count). The van der Waals surface area contributed by atoms with E-state index in [-0.39, 0.29) is 16.9 Å². The number of hydrogen-bond donors (Lipinski definition) is 2. The zero-order valence-electron chi connectivity index (χ0n) is 10.4. The molecule has 104 valence electrons. The van der Waals surface area contributed by atoms with E-state index in [9.17, 15) is 8.42 Å². The highest BCUT2D eigenvalue weighted by atomic mass is 32.2. The van der Waals surface area contributed by atoms with Crippen molar-refractivity contribution in [2.24, 2.45) is 5.73 Å². The third kappa shape index (κ3) is 4.30. The third-order valence-electron chi connectivity index (χ3n) is 2.32. The van der Waals surface area contributed by atoms with Crippen LogP contribution in [0, 0.1) is 0 Å². The minimum atomic E-state index is -3.50. The maximum absolute atomic E-state index is 11.9. The highest BCUT2D eigenvalue weighted by molar-refractivity contribution is 7.91. The van der Waals surface area contributed by atoms with Gasteiger partial charge in [-0.2, -0.15) is 0 Å². The molecule has 0 aliphatic rings. The number of ether oxygens (including phenoxy) is 2. The molecule has 0 aromatic carbocycles. The minimum absolute atomic E-state index is 0.169. The lowest BCUT2D eigenvalue weighted by molar-refractivity contribution is 0.0320. The summed E-state index contributed by atoms with van der Waals surface area (Å²) in [7, 11) is -0.451. The summed E-state index contributed by atoms with van der Waals surface area (Å²) in [4.78, 5) is 0. The first kappa shape index (κ1) is 15.5. The highest BCUT2D eigenvalue weighted by Gasteiger charge is 2.18. The van der Waals surface area contributed by atoms with Gasteiger partial charge < -0.3 is 15.2 Å². The molecule has 0 spiro atoms. The molecule has 1 aromatic rings. The predicted octanol–water partition coefficient (Wildman–Crippen LogP) is 0.147. The Bertz CT molecular complexity index is 458. The van der Waals surface area contributed by atoms with Crippen LogP contribution in [0.5, 0.6) is 0 Å². The largest absolute Gasteiger partial charge is 0.382 e. The van der Waals surface area contributed by atoms with Gasteiger partial charge in [0, 0.05) is 27.3 Å². The van der Waals surface area contributed by atoms with E-state index in [1.807, 2.05) is 0 Å². The van der Waals surface area contributed by atoms with Gasteiger partial charge in [0.2, 0.25) is 10.0 Å². The van der Waals surface area contributed by atoms with Gasteiger partial charge in [0.25, 0.3) is 0 Å². The van der Waals surface area contributed by atoms with Crippen LogP contribution in [0.15, 0.2) is 15.7 Å². The lowest BCUT2D eigenvalue weighted by atomic mass is 10.4. The molecule has 1 aromatic heterocycles. The summed E-state index contributed by atoms with van der Waals surface area (Å²) in [5.74, 6) is 0. The molecular weight excluding hydrogens is 276 g/mol. The number of methoxy groups -OCH3 is 2. The van der Waals surface area contributed by atoms with Crippen LogP contribution >= 0.6 is 11.3 Å². The molecule has 0 aliphatic heterocycles. The second kappa shape index (κ2) is 7.17. The Morgan fingerprint density at radius 3 is 2.72 bits per heavy atom. The second-order valence-corrected chi connectivity index (χ2v) is 6.55. The summed E-state index contributed by atoms with van der Waals surface area (Å²) in [5, 5.41) is 1.73. The molecule has 0 aliphatic carbocycles. The van der Waals surface area contributed by atoms with Gasteiger partial charge in [0.05, 0.1) is 12.7 Å². The van der Waals surface area contributed by atoms with Gasteiger partial charge in [0.1, 0.15) is 4.21 Å². The fourth-order valence-corrected chi connectivity index (χ4v) is 3.60. The molecule has 0 amide bonds. The van der Waals surface area contributed by atoms with E-state index in [1.54, 1.807) is 11.4 Å². The van der Waals surface area contributed by atoms with Gasteiger partial charge in [-0.3, -0.25) is 0 Å². The number of nitrogens with one attached hydrogen (secondary N) is 1. The Balaban J connectivity index is 2.64. The van der Waals surface area contributed by atoms with E-state index in [2.05, 4.69) is 4.72 Å². The maximum Gasteiger partial charge on any atom is 0.250 e. The summed E-state index contributed by atoms with van der Waals surface area (Å²) in [6, 6.07) is 1.57. The lowest BCUT2D eigenvalue weighted by Crippen LogP contribution is -2.35. The molecule has 0 saturated heterocycles. The first-order valence-electron chi connectivity index (χ1n) is 5.32. The Morgan fingerprint density at radius 1 is 1.50 bits per heavy atom. The minimum Gasteiger partial charge on any atom is -0.382 e. The van der Waals surface area contributed by atoms with Crippen LogP contribution in [-0.4, -0.2) is 41.9 Å². The average molecular weight is 294 g/mol. The first-order valence-corrected chi connectivity index (χ1v) is 7.68. The van der Waals surface area contributed by atoms with Gasteiger partial charge in [-0.15, -0.1) is 11.3 Å². The van der Waals surface area contributed by atoms with Crippen LogP contribution in [-0.2, 0) is 26.0 Å². The van der Waals surface area contributed by atoms with Gasteiger partial charge in [-0.1, -0.05) is 0 Å². The molecule has 3 N–H and O–H groups in total. The van der Waals surface area contributed by atoms with Crippen LogP contribution in [0.4, 0.5) is 0 Å². The van der Waals surface area contributed by atoms with Crippen LogP contribution in [0.3, 0.4) is 0 Å². The number of nitrogens with two attached hydrogens (primary N) is 1. The van der Waals surface area contributed by atoms with E-state index in [0.29, 0.717) is 13.2 Å². The third-order valence-corrected chi connectivity index (χ3v) is 5.23. The maximum atomic E-state index is 11.9. The highest BCUT2D eigenvalue weighted by Crippen LogP contribution is 2.19. The quantitative estimate of drug-likeness (QED) is 0.712. The van der Waals surface area contributed by atoms with Crippen molar-refractivity contribution in [2.45, 2.75) is 16.9 Å². The Kier molecular flexibility index (Phi) is 6.19. The second-order valence-electron chi connectivity index (χ2n) is 3.64. The standard InChI is InChI=1S/C10H18N2O4S2/c1-15-6-9(16-2)5-12-18(13,14)10-3-8(4-11)7-17-10/h3,7,9,12H,4-6,11H2,1-2H3. The van der Waals surface area contributed by atoms with Crippen molar-refractivity contribution in [3.63, 3.8) is 0 Å². The fraction of sp³-hybridized carbons (Fsp3) is 0.600. The van der Waals surface area contributed by atoms with E-state index in [4.69, 9.17) is 15.2 Å². The number of hydrogen-bond acceptors (Lipinski definition) is 6. The average Bonchev–Trinajstić information content (AvgIpc) is 2.84. The van der Waals surface area contributed by atoms with Gasteiger partial charge in [-0.25, -0.2) is 13.1 Å². The van der Waals surface area contributed by atoms with E-state index in [1.165, 1.54) is 14.2 Å². The smallest absolute Gasteiger partial charge is 0.250 e. The van der Waals surface area contributed by atoms with Crippen LogP contribution in [0.2, 0.25) is 0 Å². The number of rotatable bonds is 8. The lowest BCUT2D eigenvalue weighted by Gasteiger charge is -2.14. The first-order chi connectivity index (χ1) is 8.53. The summed E-state index contributed by atoms with van der Waals surface area (Å²) in [5.41, 5.74) is 6.25. The molecule has 0 radical (unpaired) electrons. The summed E-state index contributed by atoms with van der Waals surface area (Å²) < 4.78 is 36.6. The summed E-state index contributed by atoms with van der Waals surface area (Å²) >= 11 is 1.15. The summed E-state index contributed by atoms with van der Waals surface area (Å²) in [6.45, 7) is 0.830. The predicted molar refractivity (Wildman–Crippen MR) is 70.1 cm³/mol. The van der Waals surface area contributed by atoms with Gasteiger partial charge in [-0.05, 0) is 17.0 Å². The molecule has 1 atom stereocenters. The Hall–Kier alpha value is -0.510. The van der Waals surface area contributed by atoms with Crippen molar-refractivity contribution < 1.29 is 17.9 Å². The molecule has 1 heterocycles. The van der Waals surface area contributed by atoms with Crippen LogP contribution in [0.25, 0.3) is 0 Å².